The summed E-state index contributed by atoms with van der Waals surface area (Å²) in [5.41, 5.74) is 2.28. The monoisotopic (exact) mass is 588 g/mol. The third kappa shape index (κ3) is 3.18. The molecule has 0 N–H and O–H groups in total. The molecule has 43 heavy (non-hydrogen) atoms. The maximum atomic E-state index is 8.93. The van der Waals surface area contributed by atoms with Gasteiger partial charge in [-0.25, -0.2) is 9.97 Å². The maximum absolute atomic E-state index is 8.93. The van der Waals surface area contributed by atoms with E-state index in [1.165, 1.54) is 31.5 Å². The van der Waals surface area contributed by atoms with Crippen molar-refractivity contribution in [2.45, 2.75) is 0 Å². The molecule has 200 valence electrons. The van der Waals surface area contributed by atoms with Crippen molar-refractivity contribution >= 4 is 95.7 Å². The molecule has 0 radical (unpaired) electrons. The molecule has 4 heterocycles. The van der Waals surface area contributed by atoms with E-state index in [-0.39, 0.29) is 17.6 Å². The molecule has 0 aliphatic carbocycles. The standard InChI is InChI=1S/C38H21N3S2/c1-2-12-22(13-3-1)34-32-27-18-8-11-21-30(27)43-37(32)40-38(39-34)41-28-19-9-6-16-25(28)33-35(41)24-15-5-4-14-23(24)31-26-17-7-10-20-29(26)42-36(31)33/h1-21H/i1D,2D,3D,12D,13D. The van der Waals surface area contributed by atoms with Crippen LogP contribution in [0.15, 0.2) is 127 Å². The summed E-state index contributed by atoms with van der Waals surface area (Å²) in [4.78, 5) is 11.1. The molecule has 0 atom stereocenters. The predicted molar refractivity (Wildman–Crippen MR) is 185 cm³/mol. The number of rotatable bonds is 2. The van der Waals surface area contributed by atoms with Gasteiger partial charge < -0.3 is 0 Å². The van der Waals surface area contributed by atoms with Crippen molar-refractivity contribution in [3.63, 3.8) is 0 Å². The second kappa shape index (κ2) is 8.71. The molecule has 0 spiro atoms. The molecule has 0 unspecified atom stereocenters. The van der Waals surface area contributed by atoms with Crippen molar-refractivity contribution in [2.24, 2.45) is 0 Å². The summed E-state index contributed by atoms with van der Waals surface area (Å²) in [6.07, 6.45) is 0. The summed E-state index contributed by atoms with van der Waals surface area (Å²) in [6, 6.07) is 31.3. The summed E-state index contributed by atoms with van der Waals surface area (Å²) >= 11 is 3.29. The fourth-order valence-electron chi connectivity index (χ4n) is 6.59. The first-order chi connectivity index (χ1) is 23.4. The van der Waals surface area contributed by atoms with Gasteiger partial charge in [-0.3, -0.25) is 4.57 Å². The Balaban J connectivity index is 1.44. The van der Waals surface area contributed by atoms with Gasteiger partial charge in [0.05, 0.1) is 23.6 Å². The molecule has 4 aromatic heterocycles. The number of benzene rings is 6. The molecule has 10 rings (SSSR count). The van der Waals surface area contributed by atoms with Crippen LogP contribution in [0, 0.1) is 0 Å². The van der Waals surface area contributed by atoms with Crippen LogP contribution in [-0.4, -0.2) is 14.5 Å². The molecule has 3 nitrogen and oxygen atoms in total. The number of nitrogens with zero attached hydrogens (tertiary/aromatic N) is 3. The first-order valence-corrected chi connectivity index (χ1v) is 15.6. The Hall–Kier alpha value is -5.10. The van der Waals surface area contributed by atoms with Crippen LogP contribution >= 0.6 is 22.7 Å². The summed E-state index contributed by atoms with van der Waals surface area (Å²) in [5.74, 6) is 0.382. The van der Waals surface area contributed by atoms with Gasteiger partial charge in [0.15, 0.2) is 0 Å². The molecule has 0 bridgehead atoms. The van der Waals surface area contributed by atoms with Gasteiger partial charge in [-0.2, -0.15) is 0 Å². The Morgan fingerprint density at radius 2 is 1.19 bits per heavy atom. The number of thiophene rings is 2. The Labute approximate surface area is 260 Å². The van der Waals surface area contributed by atoms with Crippen LogP contribution in [0.4, 0.5) is 0 Å². The number of hydrogen-bond acceptors (Lipinski definition) is 4. The van der Waals surface area contributed by atoms with E-state index in [9.17, 15) is 0 Å². The van der Waals surface area contributed by atoms with Gasteiger partial charge in [-0.15, -0.1) is 22.7 Å². The molecule has 0 aliphatic heterocycles. The minimum absolute atomic E-state index is 0.0655. The minimum atomic E-state index is -0.435. The summed E-state index contributed by atoms with van der Waals surface area (Å²) < 4.78 is 48.6. The highest BCUT2D eigenvalue weighted by Crippen LogP contribution is 2.48. The maximum Gasteiger partial charge on any atom is 0.236 e. The van der Waals surface area contributed by atoms with Crippen molar-refractivity contribution < 1.29 is 6.85 Å². The van der Waals surface area contributed by atoms with Gasteiger partial charge in [0.2, 0.25) is 5.95 Å². The van der Waals surface area contributed by atoms with Crippen molar-refractivity contribution in [1.29, 1.82) is 0 Å². The quantitative estimate of drug-likeness (QED) is 0.201. The Kier molecular flexibility index (Phi) is 3.88. The molecule has 0 saturated heterocycles. The molecular weight excluding hydrogens is 563 g/mol. The van der Waals surface area contributed by atoms with Gasteiger partial charge >= 0.3 is 0 Å². The van der Waals surface area contributed by atoms with Crippen LogP contribution in [0.5, 0.6) is 0 Å². The van der Waals surface area contributed by atoms with E-state index >= 15 is 0 Å². The predicted octanol–water partition coefficient (Wildman–Crippen LogP) is 11.1. The Morgan fingerprint density at radius 3 is 1.98 bits per heavy atom. The van der Waals surface area contributed by atoms with Gasteiger partial charge in [-0.05, 0) is 23.6 Å². The van der Waals surface area contributed by atoms with Crippen molar-refractivity contribution in [1.82, 2.24) is 14.5 Å². The van der Waals surface area contributed by atoms with Crippen LogP contribution in [-0.2, 0) is 0 Å². The largest absolute Gasteiger partial charge is 0.277 e. The first kappa shape index (κ1) is 19.2. The first-order valence-electron chi connectivity index (χ1n) is 16.4. The van der Waals surface area contributed by atoms with Crippen LogP contribution in [0.25, 0.3) is 90.3 Å². The molecule has 6 aromatic carbocycles. The van der Waals surface area contributed by atoms with Gasteiger partial charge in [0.1, 0.15) is 4.83 Å². The highest BCUT2D eigenvalue weighted by molar-refractivity contribution is 7.27. The van der Waals surface area contributed by atoms with Crippen LogP contribution in [0.1, 0.15) is 6.85 Å². The van der Waals surface area contributed by atoms with E-state index in [0.29, 0.717) is 21.9 Å². The van der Waals surface area contributed by atoms with Crippen molar-refractivity contribution in [3.05, 3.63) is 127 Å². The second-order valence-corrected chi connectivity index (χ2v) is 12.7. The van der Waals surface area contributed by atoms with E-state index in [1.807, 2.05) is 30.3 Å². The Morgan fingerprint density at radius 1 is 0.558 bits per heavy atom. The van der Waals surface area contributed by atoms with Crippen LogP contribution in [0.3, 0.4) is 0 Å². The SMILES string of the molecule is [2H]c1c([2H])c([2H])c(-c2nc(-n3c4ccccc4c4c5sc6ccccc6c5c5ccccc5c43)nc3sc4ccccc4c23)c([2H])c1[2H]. The van der Waals surface area contributed by atoms with E-state index < -0.39 is 18.1 Å². The van der Waals surface area contributed by atoms with Gasteiger partial charge in [-0.1, -0.05) is 109 Å². The topological polar surface area (TPSA) is 30.7 Å². The molecule has 0 saturated carbocycles. The van der Waals surface area contributed by atoms with E-state index in [2.05, 4.69) is 71.3 Å². The summed E-state index contributed by atoms with van der Waals surface area (Å²) in [7, 11) is 0. The zero-order valence-electron chi connectivity index (χ0n) is 27.4. The van der Waals surface area contributed by atoms with E-state index in [0.717, 1.165) is 42.7 Å². The Bertz CT molecular complexity index is 3000. The van der Waals surface area contributed by atoms with Gasteiger partial charge in [0, 0.05) is 57.4 Å². The molecule has 5 heteroatoms. The van der Waals surface area contributed by atoms with E-state index in [4.69, 9.17) is 16.8 Å². The highest BCUT2D eigenvalue weighted by Gasteiger charge is 2.24. The average Bonchev–Trinajstić information content (AvgIpc) is 3.80. The molecule has 0 fully saturated rings. The number of fused-ring (bicyclic) bond motifs is 13. The highest BCUT2D eigenvalue weighted by atomic mass is 32.1. The minimum Gasteiger partial charge on any atom is -0.277 e. The lowest BCUT2D eigenvalue weighted by Crippen LogP contribution is -2.03. The lowest BCUT2D eigenvalue weighted by Gasteiger charge is -2.12. The van der Waals surface area contributed by atoms with Crippen molar-refractivity contribution in [3.8, 4) is 17.2 Å². The van der Waals surface area contributed by atoms with E-state index in [1.54, 1.807) is 11.3 Å². The van der Waals surface area contributed by atoms with Crippen LogP contribution in [0.2, 0.25) is 0 Å². The average molecular weight is 589 g/mol. The molecule has 0 aliphatic rings. The number of hydrogen-bond donors (Lipinski definition) is 0. The third-order valence-electron chi connectivity index (χ3n) is 8.31. The fourth-order valence-corrected chi connectivity index (χ4v) is 8.94. The lowest BCUT2D eigenvalue weighted by molar-refractivity contribution is 1.02. The zero-order chi connectivity index (χ0) is 32.4. The fraction of sp³-hybridized carbons (Fsp3) is 0. The van der Waals surface area contributed by atoms with Gasteiger partial charge in [0.25, 0.3) is 0 Å². The summed E-state index contributed by atoms with van der Waals surface area (Å²) in [6.45, 7) is 0. The molecule has 10 aromatic rings. The zero-order valence-corrected chi connectivity index (χ0v) is 24.0. The third-order valence-corrected chi connectivity index (χ3v) is 10.6. The normalized spacial score (nSPS) is 13.8. The van der Waals surface area contributed by atoms with Crippen LogP contribution < -0.4 is 0 Å². The molecular formula is C38H21N3S2. The molecule has 0 amide bonds. The lowest BCUT2D eigenvalue weighted by atomic mass is 10.00. The smallest absolute Gasteiger partial charge is 0.236 e. The number of aromatic nitrogens is 3. The van der Waals surface area contributed by atoms with Crippen molar-refractivity contribution in [2.75, 3.05) is 0 Å². The summed E-state index contributed by atoms with van der Waals surface area (Å²) in [5, 5.41) is 8.38. The second-order valence-electron chi connectivity index (χ2n) is 10.6. The number of para-hydroxylation sites is 1.